The van der Waals surface area contributed by atoms with Crippen LogP contribution in [0.15, 0.2) is 24.3 Å². The van der Waals surface area contributed by atoms with Gasteiger partial charge in [-0.1, -0.05) is 30.7 Å². The molecule has 1 aliphatic heterocycles. The molecule has 1 fully saturated rings. The van der Waals surface area contributed by atoms with Crippen LogP contribution >= 0.6 is 0 Å². The summed E-state index contributed by atoms with van der Waals surface area (Å²) >= 11 is 0. The minimum atomic E-state index is -0.710. The summed E-state index contributed by atoms with van der Waals surface area (Å²) in [5.74, 6) is -0.309. The number of primary amides is 1. The zero-order chi connectivity index (χ0) is 14.6. The van der Waals surface area contributed by atoms with E-state index in [9.17, 15) is 4.79 Å². The highest BCUT2D eigenvalue weighted by atomic mass is 16.1. The Bertz CT molecular complexity index is 399. The van der Waals surface area contributed by atoms with Crippen LogP contribution in [-0.4, -0.2) is 36.0 Å². The number of carbonyl (C=O) groups excluding carboxylic acids is 1. The number of rotatable bonds is 5. The van der Waals surface area contributed by atoms with Crippen molar-refractivity contribution in [2.75, 3.05) is 13.1 Å². The monoisotopic (exact) mass is 277 g/mol. The molecule has 1 heterocycles. The fourth-order valence-electron chi connectivity index (χ4n) is 3.30. The number of nitrogens with zero attached hydrogens (tertiary/aromatic N) is 1. The first-order valence-electron chi connectivity index (χ1n) is 7.72. The van der Waals surface area contributed by atoms with Crippen LogP contribution in [0.1, 0.15) is 39.0 Å². The summed E-state index contributed by atoms with van der Waals surface area (Å²) in [6.45, 7) is 4.59. The Morgan fingerprint density at radius 2 is 2.05 bits per heavy atom. The molecule has 0 radical (unpaired) electrons. The van der Waals surface area contributed by atoms with E-state index in [1.807, 2.05) is 24.3 Å². The quantitative estimate of drug-likeness (QED) is 0.801. The second kappa shape index (κ2) is 6.55. The highest BCUT2D eigenvalue weighted by Crippen LogP contribution is 2.33. The summed E-state index contributed by atoms with van der Waals surface area (Å²) in [6.07, 6.45) is 13.1. The molecule has 0 spiro atoms. The summed E-state index contributed by atoms with van der Waals surface area (Å²) in [6, 6.07) is 0.177. The zero-order valence-electron chi connectivity index (χ0n) is 12.4. The van der Waals surface area contributed by atoms with E-state index in [2.05, 4.69) is 11.8 Å². The van der Waals surface area contributed by atoms with Gasteiger partial charge in [0.05, 0.1) is 5.41 Å². The molecule has 0 aromatic heterocycles. The van der Waals surface area contributed by atoms with Crippen LogP contribution in [0.3, 0.4) is 0 Å². The summed E-state index contributed by atoms with van der Waals surface area (Å²) < 4.78 is 0. The first-order valence-corrected chi connectivity index (χ1v) is 7.72. The summed E-state index contributed by atoms with van der Waals surface area (Å²) in [7, 11) is 0. The van der Waals surface area contributed by atoms with Crippen LogP contribution < -0.4 is 11.5 Å². The molecule has 4 heteroatoms. The maximum atomic E-state index is 11.9. The van der Waals surface area contributed by atoms with E-state index in [4.69, 9.17) is 11.5 Å². The van der Waals surface area contributed by atoms with Crippen LogP contribution in [0, 0.1) is 5.41 Å². The van der Waals surface area contributed by atoms with Crippen molar-refractivity contribution in [2.24, 2.45) is 16.9 Å². The molecule has 0 aromatic rings. The fraction of sp³-hybridized carbons (Fsp3) is 0.688. The number of nitrogens with two attached hydrogens (primary N) is 2. The van der Waals surface area contributed by atoms with Gasteiger partial charge in [0.1, 0.15) is 0 Å². The lowest BCUT2D eigenvalue weighted by atomic mass is 9.73. The largest absolute Gasteiger partial charge is 0.369 e. The Hall–Kier alpha value is -1.13. The van der Waals surface area contributed by atoms with E-state index in [-0.39, 0.29) is 11.9 Å². The fourth-order valence-corrected chi connectivity index (χ4v) is 3.30. The zero-order valence-corrected chi connectivity index (χ0v) is 12.4. The van der Waals surface area contributed by atoms with Crippen molar-refractivity contribution in [1.29, 1.82) is 0 Å². The number of piperidine rings is 1. The highest BCUT2D eigenvalue weighted by Gasteiger charge is 2.40. The SMILES string of the molecule is CC(CCC1(C(N)=O)C=CC=CC1N)N1CCCCC1. The Morgan fingerprint density at radius 3 is 2.65 bits per heavy atom. The molecule has 0 bridgehead atoms. The van der Waals surface area contributed by atoms with Crippen molar-refractivity contribution in [2.45, 2.75) is 51.1 Å². The van der Waals surface area contributed by atoms with Crippen LogP contribution in [-0.2, 0) is 4.79 Å². The lowest BCUT2D eigenvalue weighted by Gasteiger charge is -2.37. The van der Waals surface area contributed by atoms with E-state index >= 15 is 0 Å². The van der Waals surface area contributed by atoms with Crippen molar-refractivity contribution in [1.82, 2.24) is 4.90 Å². The molecule has 4 nitrogen and oxygen atoms in total. The predicted molar refractivity (Wildman–Crippen MR) is 82.0 cm³/mol. The third kappa shape index (κ3) is 3.13. The average Bonchev–Trinajstić information content (AvgIpc) is 2.47. The van der Waals surface area contributed by atoms with Crippen LogP contribution in [0.25, 0.3) is 0 Å². The molecule has 20 heavy (non-hydrogen) atoms. The Balaban J connectivity index is 1.97. The molecule has 3 unspecified atom stereocenters. The highest BCUT2D eigenvalue weighted by molar-refractivity contribution is 5.84. The summed E-state index contributed by atoms with van der Waals surface area (Å²) in [5, 5.41) is 0. The number of amides is 1. The first-order chi connectivity index (χ1) is 9.56. The average molecular weight is 277 g/mol. The van der Waals surface area contributed by atoms with Crippen LogP contribution in [0.2, 0.25) is 0 Å². The molecule has 4 N–H and O–H groups in total. The molecule has 1 amide bonds. The molecule has 112 valence electrons. The Kier molecular flexibility index (Phi) is 5.00. The second-order valence-electron chi connectivity index (χ2n) is 6.16. The summed E-state index contributed by atoms with van der Waals surface area (Å²) in [5.41, 5.74) is 11.1. The molecule has 2 rings (SSSR count). The minimum Gasteiger partial charge on any atom is -0.369 e. The molecule has 0 saturated carbocycles. The topological polar surface area (TPSA) is 72.3 Å². The van der Waals surface area contributed by atoms with Gasteiger partial charge in [-0.3, -0.25) is 4.79 Å². The standard InChI is InChI=1S/C16H27N3O/c1-13(19-11-5-2-6-12-19)8-10-16(15(18)20)9-4-3-7-14(16)17/h3-4,7,9,13-14H,2,5-6,8,10-12,17H2,1H3,(H2,18,20). The summed E-state index contributed by atoms with van der Waals surface area (Å²) in [4.78, 5) is 14.4. The number of carbonyl (C=O) groups is 1. The molecule has 2 aliphatic rings. The number of hydrogen-bond donors (Lipinski definition) is 2. The van der Waals surface area contributed by atoms with Gasteiger partial charge < -0.3 is 16.4 Å². The van der Waals surface area contributed by atoms with Crippen molar-refractivity contribution in [3.8, 4) is 0 Å². The van der Waals surface area contributed by atoms with Crippen molar-refractivity contribution < 1.29 is 4.79 Å². The van der Waals surface area contributed by atoms with E-state index in [0.717, 1.165) is 12.8 Å². The van der Waals surface area contributed by atoms with Crippen LogP contribution in [0.4, 0.5) is 0 Å². The normalized spacial score (nSPS) is 32.2. The van der Waals surface area contributed by atoms with Gasteiger partial charge in [0.15, 0.2) is 0 Å². The molecular formula is C16H27N3O. The van der Waals surface area contributed by atoms with Gasteiger partial charge >= 0.3 is 0 Å². The van der Waals surface area contributed by atoms with Crippen LogP contribution in [0.5, 0.6) is 0 Å². The molecular weight excluding hydrogens is 250 g/mol. The second-order valence-corrected chi connectivity index (χ2v) is 6.16. The van der Waals surface area contributed by atoms with Crippen molar-refractivity contribution in [3.63, 3.8) is 0 Å². The van der Waals surface area contributed by atoms with E-state index in [1.165, 1.54) is 32.4 Å². The van der Waals surface area contributed by atoms with Crippen molar-refractivity contribution >= 4 is 5.91 Å². The first kappa shape index (κ1) is 15.3. The third-order valence-corrected chi connectivity index (χ3v) is 4.87. The number of likely N-dealkylation sites (tertiary alicyclic amines) is 1. The van der Waals surface area contributed by atoms with Gasteiger partial charge in [-0.15, -0.1) is 0 Å². The lowest BCUT2D eigenvalue weighted by Crippen LogP contribution is -2.50. The number of hydrogen-bond acceptors (Lipinski definition) is 3. The lowest BCUT2D eigenvalue weighted by molar-refractivity contribution is -0.126. The maximum absolute atomic E-state index is 11.9. The molecule has 0 aromatic carbocycles. The van der Waals surface area contributed by atoms with Gasteiger partial charge in [0.2, 0.25) is 5.91 Å². The van der Waals surface area contributed by atoms with Gasteiger partial charge in [-0.2, -0.15) is 0 Å². The van der Waals surface area contributed by atoms with Crippen molar-refractivity contribution in [3.05, 3.63) is 24.3 Å². The predicted octanol–water partition coefficient (Wildman–Crippen LogP) is 1.57. The van der Waals surface area contributed by atoms with Gasteiger partial charge in [-0.25, -0.2) is 0 Å². The number of allylic oxidation sites excluding steroid dienone is 2. The molecule has 1 aliphatic carbocycles. The Morgan fingerprint density at radius 1 is 1.35 bits per heavy atom. The molecule has 3 atom stereocenters. The van der Waals surface area contributed by atoms with E-state index in [1.54, 1.807) is 0 Å². The van der Waals surface area contributed by atoms with E-state index < -0.39 is 5.41 Å². The van der Waals surface area contributed by atoms with Gasteiger partial charge in [0, 0.05) is 12.1 Å². The minimum absolute atomic E-state index is 0.307. The van der Waals surface area contributed by atoms with Gasteiger partial charge in [0.25, 0.3) is 0 Å². The van der Waals surface area contributed by atoms with Gasteiger partial charge in [-0.05, 0) is 45.7 Å². The van der Waals surface area contributed by atoms with E-state index in [0.29, 0.717) is 6.04 Å². The molecule has 1 saturated heterocycles. The smallest absolute Gasteiger partial charge is 0.229 e. The Labute approximate surface area is 121 Å². The maximum Gasteiger partial charge on any atom is 0.229 e. The third-order valence-electron chi connectivity index (χ3n) is 4.87.